The molecule has 0 bridgehead atoms. The monoisotopic (exact) mass is 405 g/mol. The number of hydrogen-bond acceptors (Lipinski definition) is 5. The highest BCUT2D eigenvalue weighted by atomic mass is 32.2. The summed E-state index contributed by atoms with van der Waals surface area (Å²) in [7, 11) is -3.50. The first-order chi connectivity index (χ1) is 13.0. The fourth-order valence-electron chi connectivity index (χ4n) is 2.98. The molecule has 2 aromatic rings. The molecule has 1 heterocycles. The van der Waals surface area contributed by atoms with Crippen molar-refractivity contribution in [2.75, 3.05) is 36.5 Å². The lowest BCUT2D eigenvalue weighted by Crippen LogP contribution is -2.28. The quantitative estimate of drug-likeness (QED) is 0.692. The van der Waals surface area contributed by atoms with Gasteiger partial charge in [0.2, 0.25) is 15.9 Å². The van der Waals surface area contributed by atoms with Gasteiger partial charge in [-0.15, -0.1) is 11.8 Å². The van der Waals surface area contributed by atoms with Gasteiger partial charge in [-0.25, -0.2) is 8.42 Å². The first-order valence-electron chi connectivity index (χ1n) is 8.77. The van der Waals surface area contributed by atoms with Gasteiger partial charge in [-0.05, 0) is 49.4 Å². The molecule has 0 radical (unpaired) electrons. The fraction of sp³-hybridized carbons (Fsp3) is 0.316. The molecule has 0 spiro atoms. The van der Waals surface area contributed by atoms with Crippen molar-refractivity contribution >= 4 is 39.1 Å². The molecule has 6 nitrogen and oxygen atoms in total. The Balaban J connectivity index is 1.64. The van der Waals surface area contributed by atoms with E-state index < -0.39 is 10.0 Å². The lowest BCUT2D eigenvalue weighted by Gasteiger charge is -2.16. The molecule has 2 N–H and O–H groups in total. The molecule has 0 aliphatic carbocycles. The van der Waals surface area contributed by atoms with E-state index in [1.165, 1.54) is 10.4 Å². The fourth-order valence-corrected chi connectivity index (χ4v) is 5.12. The van der Waals surface area contributed by atoms with Crippen LogP contribution in [0.25, 0.3) is 0 Å². The minimum atomic E-state index is -3.50. The van der Waals surface area contributed by atoms with Gasteiger partial charge in [0.25, 0.3) is 0 Å². The third-order valence-electron chi connectivity index (χ3n) is 4.37. The Hall–Kier alpha value is -2.03. The Bertz CT molecular complexity index is 910. The summed E-state index contributed by atoms with van der Waals surface area (Å²) >= 11 is 1.60. The summed E-state index contributed by atoms with van der Waals surface area (Å²) in [5.74, 6) is -0.235. The van der Waals surface area contributed by atoms with Gasteiger partial charge >= 0.3 is 0 Å². The average Bonchev–Trinajstić information content (AvgIpc) is 3.22. The molecular formula is C19H23N3O3S2. The summed E-state index contributed by atoms with van der Waals surface area (Å²) in [4.78, 5) is 13.5. The van der Waals surface area contributed by atoms with Crippen molar-refractivity contribution in [1.29, 1.82) is 0 Å². The molecule has 0 aromatic heterocycles. The number of nitrogens with zero attached hydrogens (tertiary/aromatic N) is 1. The first-order valence-corrected chi connectivity index (χ1v) is 11.4. The lowest BCUT2D eigenvalue weighted by atomic mass is 10.3. The lowest BCUT2D eigenvalue weighted by molar-refractivity contribution is -0.114. The first kappa shape index (κ1) is 19.7. The molecular weight excluding hydrogens is 382 g/mol. The minimum Gasteiger partial charge on any atom is -0.375 e. The van der Waals surface area contributed by atoms with Crippen LogP contribution in [0.2, 0.25) is 0 Å². The number of sulfonamides is 1. The number of benzene rings is 2. The van der Waals surface area contributed by atoms with Crippen LogP contribution >= 0.6 is 11.8 Å². The van der Waals surface area contributed by atoms with Crippen molar-refractivity contribution in [3.05, 3.63) is 48.5 Å². The largest absolute Gasteiger partial charge is 0.375 e. The molecule has 8 heteroatoms. The van der Waals surface area contributed by atoms with E-state index in [0.717, 1.165) is 23.4 Å². The Morgan fingerprint density at radius 2 is 1.85 bits per heavy atom. The van der Waals surface area contributed by atoms with Gasteiger partial charge in [-0.1, -0.05) is 18.2 Å². The number of amides is 1. The third-order valence-corrected chi connectivity index (χ3v) is 7.06. The van der Waals surface area contributed by atoms with Crippen LogP contribution in [0.1, 0.15) is 12.8 Å². The van der Waals surface area contributed by atoms with Crippen LogP contribution < -0.4 is 10.6 Å². The summed E-state index contributed by atoms with van der Waals surface area (Å²) in [6, 6.07) is 14.2. The zero-order valence-electron chi connectivity index (χ0n) is 15.1. The molecule has 144 valence electrons. The molecule has 1 fully saturated rings. The SMILES string of the molecule is CSc1ccccc1NCC(=O)Nc1cccc(S(=O)(=O)N2CCCC2)c1. The Kier molecular flexibility index (Phi) is 6.41. The number of para-hydroxylation sites is 1. The van der Waals surface area contributed by atoms with Crippen LogP contribution in [-0.2, 0) is 14.8 Å². The molecule has 0 atom stereocenters. The minimum absolute atomic E-state index is 0.0979. The standard InChI is InChI=1S/C19H23N3O3S2/c1-26-18-10-3-2-9-17(18)20-14-19(23)21-15-7-6-8-16(13-15)27(24,25)22-11-4-5-12-22/h2-3,6-10,13,20H,4-5,11-12,14H2,1H3,(H,21,23). The van der Waals surface area contributed by atoms with E-state index in [0.29, 0.717) is 18.8 Å². The van der Waals surface area contributed by atoms with Crippen LogP contribution in [0.3, 0.4) is 0 Å². The maximum Gasteiger partial charge on any atom is 0.243 e. The van der Waals surface area contributed by atoms with Gasteiger partial charge in [0.1, 0.15) is 0 Å². The Morgan fingerprint density at radius 3 is 2.59 bits per heavy atom. The highest BCUT2D eigenvalue weighted by Gasteiger charge is 2.27. The van der Waals surface area contributed by atoms with Crippen molar-refractivity contribution in [1.82, 2.24) is 4.31 Å². The van der Waals surface area contributed by atoms with Gasteiger partial charge in [0, 0.05) is 29.4 Å². The molecule has 27 heavy (non-hydrogen) atoms. The van der Waals surface area contributed by atoms with Gasteiger partial charge < -0.3 is 10.6 Å². The zero-order valence-corrected chi connectivity index (χ0v) is 16.8. The van der Waals surface area contributed by atoms with Crippen molar-refractivity contribution < 1.29 is 13.2 Å². The molecule has 3 rings (SSSR count). The number of rotatable bonds is 7. The maximum absolute atomic E-state index is 12.7. The van der Waals surface area contributed by atoms with Crippen LogP contribution in [0.5, 0.6) is 0 Å². The van der Waals surface area contributed by atoms with E-state index in [-0.39, 0.29) is 17.3 Å². The van der Waals surface area contributed by atoms with Crippen molar-refractivity contribution in [3.63, 3.8) is 0 Å². The molecule has 0 saturated carbocycles. The number of carbonyl (C=O) groups is 1. The predicted molar refractivity (Wildman–Crippen MR) is 110 cm³/mol. The van der Waals surface area contributed by atoms with Gasteiger partial charge in [-0.3, -0.25) is 4.79 Å². The van der Waals surface area contributed by atoms with Gasteiger partial charge in [0.15, 0.2) is 0 Å². The molecule has 2 aromatic carbocycles. The highest BCUT2D eigenvalue weighted by molar-refractivity contribution is 7.98. The molecule has 1 amide bonds. The van der Waals surface area contributed by atoms with Gasteiger partial charge in [-0.2, -0.15) is 4.31 Å². The smallest absolute Gasteiger partial charge is 0.243 e. The number of nitrogens with one attached hydrogen (secondary N) is 2. The summed E-state index contributed by atoms with van der Waals surface area (Å²) in [5.41, 5.74) is 1.37. The average molecular weight is 406 g/mol. The molecule has 1 aliphatic rings. The Morgan fingerprint density at radius 1 is 1.11 bits per heavy atom. The topological polar surface area (TPSA) is 78.5 Å². The van der Waals surface area contributed by atoms with Gasteiger partial charge in [0.05, 0.1) is 11.4 Å². The second-order valence-electron chi connectivity index (χ2n) is 6.24. The molecule has 0 unspecified atom stereocenters. The third kappa shape index (κ3) is 4.82. The summed E-state index contributed by atoms with van der Waals surface area (Å²) in [5, 5.41) is 5.88. The normalized spacial score (nSPS) is 14.9. The van der Waals surface area contributed by atoms with Crippen LogP contribution in [-0.4, -0.2) is 44.5 Å². The van der Waals surface area contributed by atoms with Crippen LogP contribution in [0.15, 0.2) is 58.3 Å². The number of carbonyl (C=O) groups excluding carboxylic acids is 1. The number of anilines is 2. The summed E-state index contributed by atoms with van der Waals surface area (Å²) in [6.45, 7) is 1.20. The number of thioether (sulfide) groups is 1. The molecule has 1 aliphatic heterocycles. The van der Waals surface area contributed by atoms with E-state index in [1.807, 2.05) is 30.5 Å². The van der Waals surface area contributed by atoms with Crippen LogP contribution in [0.4, 0.5) is 11.4 Å². The summed E-state index contributed by atoms with van der Waals surface area (Å²) < 4.78 is 26.8. The Labute approximate surface area is 164 Å². The second-order valence-corrected chi connectivity index (χ2v) is 9.03. The zero-order chi connectivity index (χ0) is 19.3. The van der Waals surface area contributed by atoms with E-state index in [1.54, 1.807) is 30.0 Å². The predicted octanol–water partition coefficient (Wildman–Crippen LogP) is 3.24. The second kappa shape index (κ2) is 8.77. The highest BCUT2D eigenvalue weighted by Crippen LogP contribution is 2.25. The van der Waals surface area contributed by atoms with Crippen molar-refractivity contribution in [2.45, 2.75) is 22.6 Å². The van der Waals surface area contributed by atoms with E-state index >= 15 is 0 Å². The number of hydrogen-bond donors (Lipinski definition) is 2. The van der Waals surface area contributed by atoms with Crippen molar-refractivity contribution in [2.24, 2.45) is 0 Å². The maximum atomic E-state index is 12.7. The van der Waals surface area contributed by atoms with Crippen LogP contribution in [0, 0.1) is 0 Å². The van der Waals surface area contributed by atoms with E-state index in [2.05, 4.69) is 10.6 Å². The molecule has 1 saturated heterocycles. The summed E-state index contributed by atoms with van der Waals surface area (Å²) in [6.07, 6.45) is 3.75. The van der Waals surface area contributed by atoms with E-state index in [9.17, 15) is 13.2 Å². The van der Waals surface area contributed by atoms with E-state index in [4.69, 9.17) is 0 Å². The van der Waals surface area contributed by atoms with Crippen molar-refractivity contribution in [3.8, 4) is 0 Å².